The first-order chi connectivity index (χ1) is 8.20. The smallest absolute Gasteiger partial charge is 0.330 e. The van der Waals surface area contributed by atoms with E-state index in [9.17, 15) is 4.79 Å². The van der Waals surface area contributed by atoms with E-state index in [-0.39, 0.29) is 5.97 Å². The molecule has 2 aromatic rings. The zero-order valence-electron chi connectivity index (χ0n) is 9.24. The number of fused-ring (bicyclic) bond motifs is 1. The van der Waals surface area contributed by atoms with Crippen LogP contribution in [-0.2, 0) is 9.53 Å². The second-order valence-electron chi connectivity index (χ2n) is 3.38. The number of ether oxygens (including phenoxy) is 1. The Hall–Kier alpha value is -1.81. The predicted molar refractivity (Wildman–Crippen MR) is 66.8 cm³/mol. The Morgan fingerprint density at radius 3 is 3.18 bits per heavy atom. The lowest BCUT2D eigenvalue weighted by atomic mass is 10.2. The molecule has 0 saturated carbocycles. The molecule has 0 atom stereocenters. The molecule has 1 heterocycles. The Balaban J connectivity index is 2.30. The van der Waals surface area contributed by atoms with Gasteiger partial charge in [0, 0.05) is 16.5 Å². The number of rotatable bonds is 3. The van der Waals surface area contributed by atoms with Gasteiger partial charge in [-0.25, -0.2) is 4.79 Å². The van der Waals surface area contributed by atoms with Crippen LogP contribution in [0.1, 0.15) is 12.6 Å². The van der Waals surface area contributed by atoms with Crippen molar-refractivity contribution >= 4 is 34.5 Å². The van der Waals surface area contributed by atoms with E-state index in [1.807, 2.05) is 6.07 Å². The molecule has 1 aromatic carbocycles. The van der Waals surface area contributed by atoms with Gasteiger partial charge in [-0.2, -0.15) is 5.10 Å². The highest BCUT2D eigenvalue weighted by Gasteiger charge is 2.03. The Kier molecular flexibility index (Phi) is 3.44. The molecule has 0 radical (unpaired) electrons. The molecule has 4 nitrogen and oxygen atoms in total. The lowest BCUT2D eigenvalue weighted by Gasteiger charge is -1.94. The molecule has 2 rings (SSSR count). The number of hydrogen-bond donors (Lipinski definition) is 1. The number of carbonyl (C=O) groups is 1. The van der Waals surface area contributed by atoms with Gasteiger partial charge in [-0.1, -0.05) is 11.6 Å². The fourth-order valence-corrected chi connectivity index (χ4v) is 1.64. The van der Waals surface area contributed by atoms with Crippen LogP contribution in [0.25, 0.3) is 17.0 Å². The summed E-state index contributed by atoms with van der Waals surface area (Å²) in [4.78, 5) is 11.2. The molecule has 0 bridgehead atoms. The van der Waals surface area contributed by atoms with Crippen LogP contribution in [0.2, 0.25) is 5.02 Å². The summed E-state index contributed by atoms with van der Waals surface area (Å²) in [5, 5.41) is 8.43. The van der Waals surface area contributed by atoms with Crippen molar-refractivity contribution in [2.45, 2.75) is 6.92 Å². The van der Waals surface area contributed by atoms with Gasteiger partial charge in [0.05, 0.1) is 17.8 Å². The summed E-state index contributed by atoms with van der Waals surface area (Å²) in [6.07, 6.45) is 2.99. The van der Waals surface area contributed by atoms with Gasteiger partial charge in [-0.15, -0.1) is 0 Å². The highest BCUT2D eigenvalue weighted by Crippen LogP contribution is 2.21. The van der Waals surface area contributed by atoms with Gasteiger partial charge in [0.2, 0.25) is 0 Å². The van der Waals surface area contributed by atoms with Crippen molar-refractivity contribution in [3.8, 4) is 0 Å². The van der Waals surface area contributed by atoms with E-state index in [2.05, 4.69) is 10.2 Å². The number of hydrogen-bond acceptors (Lipinski definition) is 3. The Morgan fingerprint density at radius 1 is 1.59 bits per heavy atom. The fourth-order valence-electron chi connectivity index (χ4n) is 1.47. The molecule has 0 aliphatic rings. The van der Waals surface area contributed by atoms with Crippen LogP contribution in [0.4, 0.5) is 0 Å². The number of halogens is 1. The first-order valence-corrected chi connectivity index (χ1v) is 5.57. The number of aromatic nitrogens is 2. The van der Waals surface area contributed by atoms with Crippen LogP contribution >= 0.6 is 11.6 Å². The first-order valence-electron chi connectivity index (χ1n) is 5.19. The van der Waals surface area contributed by atoms with Crippen molar-refractivity contribution < 1.29 is 9.53 Å². The van der Waals surface area contributed by atoms with Gasteiger partial charge in [0.15, 0.2) is 0 Å². The fraction of sp³-hybridized carbons (Fsp3) is 0.167. The van der Waals surface area contributed by atoms with Crippen molar-refractivity contribution in [3.63, 3.8) is 0 Å². The largest absolute Gasteiger partial charge is 0.463 e. The van der Waals surface area contributed by atoms with Gasteiger partial charge in [0.1, 0.15) is 0 Å². The van der Waals surface area contributed by atoms with Crippen molar-refractivity contribution in [1.82, 2.24) is 10.2 Å². The maximum Gasteiger partial charge on any atom is 0.330 e. The standard InChI is InChI=1S/C12H11ClN2O2/c1-2-17-12(16)6-5-11-9-7-8(13)3-4-10(9)14-15-11/h3-7H,2H2,1H3,(H,14,15)/b6-5+. The number of nitrogens with one attached hydrogen (secondary N) is 1. The quantitative estimate of drug-likeness (QED) is 0.673. The first kappa shape index (κ1) is 11.7. The van der Waals surface area contributed by atoms with Crippen molar-refractivity contribution in [2.24, 2.45) is 0 Å². The van der Waals surface area contributed by atoms with E-state index in [0.29, 0.717) is 11.6 Å². The van der Waals surface area contributed by atoms with Crippen LogP contribution in [0.5, 0.6) is 0 Å². The zero-order chi connectivity index (χ0) is 12.3. The van der Waals surface area contributed by atoms with E-state index in [4.69, 9.17) is 16.3 Å². The maximum absolute atomic E-state index is 11.2. The summed E-state index contributed by atoms with van der Waals surface area (Å²) in [5.74, 6) is -0.378. The van der Waals surface area contributed by atoms with Crippen LogP contribution in [-0.4, -0.2) is 22.8 Å². The van der Waals surface area contributed by atoms with E-state index < -0.39 is 0 Å². The molecule has 0 unspecified atom stereocenters. The van der Waals surface area contributed by atoms with Crippen LogP contribution in [0.15, 0.2) is 24.3 Å². The van der Waals surface area contributed by atoms with Gasteiger partial charge >= 0.3 is 5.97 Å². The van der Waals surface area contributed by atoms with Gasteiger partial charge in [-0.05, 0) is 31.2 Å². The molecule has 0 aliphatic carbocycles. The number of esters is 1. The summed E-state index contributed by atoms with van der Waals surface area (Å²) < 4.78 is 4.79. The van der Waals surface area contributed by atoms with E-state index >= 15 is 0 Å². The highest BCUT2D eigenvalue weighted by atomic mass is 35.5. The molecule has 0 spiro atoms. The van der Waals surface area contributed by atoms with Crippen LogP contribution < -0.4 is 0 Å². The summed E-state index contributed by atoms with van der Waals surface area (Å²) in [6.45, 7) is 2.12. The monoisotopic (exact) mass is 250 g/mol. The number of carbonyl (C=O) groups excluding carboxylic acids is 1. The Morgan fingerprint density at radius 2 is 2.41 bits per heavy atom. The molecular formula is C12H11ClN2O2. The van der Waals surface area contributed by atoms with Crippen LogP contribution in [0, 0.1) is 0 Å². The van der Waals surface area contributed by atoms with Crippen molar-refractivity contribution in [3.05, 3.63) is 35.0 Å². The Labute approximate surface area is 103 Å². The molecule has 0 aliphatic heterocycles. The van der Waals surface area contributed by atoms with Gasteiger partial charge in [-0.3, -0.25) is 5.10 Å². The predicted octanol–water partition coefficient (Wildman–Crippen LogP) is 2.79. The van der Waals surface area contributed by atoms with Crippen molar-refractivity contribution in [1.29, 1.82) is 0 Å². The molecule has 88 valence electrons. The number of benzene rings is 1. The average Bonchev–Trinajstić information content (AvgIpc) is 2.69. The summed E-state index contributed by atoms with van der Waals surface area (Å²) in [5.41, 5.74) is 1.54. The van der Waals surface area contributed by atoms with E-state index in [1.54, 1.807) is 25.1 Å². The lowest BCUT2D eigenvalue weighted by molar-refractivity contribution is -0.137. The highest BCUT2D eigenvalue weighted by molar-refractivity contribution is 6.31. The van der Waals surface area contributed by atoms with E-state index in [0.717, 1.165) is 16.6 Å². The minimum atomic E-state index is -0.378. The molecule has 17 heavy (non-hydrogen) atoms. The topological polar surface area (TPSA) is 55.0 Å². The van der Waals surface area contributed by atoms with Crippen LogP contribution in [0.3, 0.4) is 0 Å². The molecular weight excluding hydrogens is 240 g/mol. The minimum absolute atomic E-state index is 0.360. The normalized spacial score (nSPS) is 11.2. The third-order valence-corrected chi connectivity index (χ3v) is 2.45. The zero-order valence-corrected chi connectivity index (χ0v) is 9.99. The van der Waals surface area contributed by atoms with Gasteiger partial charge < -0.3 is 4.74 Å². The molecule has 1 N–H and O–H groups in total. The second kappa shape index (κ2) is 5.01. The lowest BCUT2D eigenvalue weighted by Crippen LogP contribution is -1.98. The second-order valence-corrected chi connectivity index (χ2v) is 3.82. The number of nitrogens with zero attached hydrogens (tertiary/aromatic N) is 1. The Bertz CT molecular complexity index is 575. The van der Waals surface area contributed by atoms with Gasteiger partial charge in [0.25, 0.3) is 0 Å². The molecule has 0 amide bonds. The maximum atomic E-state index is 11.2. The van der Waals surface area contributed by atoms with E-state index in [1.165, 1.54) is 6.08 Å². The number of H-pyrrole nitrogens is 1. The summed E-state index contributed by atoms with van der Waals surface area (Å²) >= 11 is 5.90. The molecule has 0 saturated heterocycles. The molecule has 1 aromatic heterocycles. The van der Waals surface area contributed by atoms with Crippen molar-refractivity contribution in [2.75, 3.05) is 6.61 Å². The third kappa shape index (κ3) is 2.65. The molecule has 0 fully saturated rings. The summed E-state index contributed by atoms with van der Waals surface area (Å²) in [7, 11) is 0. The average molecular weight is 251 g/mol. The summed E-state index contributed by atoms with van der Waals surface area (Å²) in [6, 6.07) is 5.38. The third-order valence-electron chi connectivity index (χ3n) is 2.22. The number of aromatic amines is 1. The minimum Gasteiger partial charge on any atom is -0.463 e. The molecule has 5 heteroatoms. The SMILES string of the molecule is CCOC(=O)/C=C/c1[nH]nc2ccc(Cl)cc12.